The summed E-state index contributed by atoms with van der Waals surface area (Å²) in [6, 6.07) is 0.576. The first-order valence-electron chi connectivity index (χ1n) is 8.70. The van der Waals surface area contributed by atoms with Crippen LogP contribution in [0.15, 0.2) is 0 Å². The Morgan fingerprint density at radius 3 is 2.70 bits per heavy atom. The summed E-state index contributed by atoms with van der Waals surface area (Å²) in [6.07, 6.45) is 10.2. The van der Waals surface area contributed by atoms with E-state index >= 15 is 0 Å². The molecule has 2 fully saturated rings. The Balaban J connectivity index is 1.55. The molecule has 0 aromatic rings. The maximum Gasteiger partial charge on any atom is 0.0897 e. The minimum absolute atomic E-state index is 0.361. The van der Waals surface area contributed by atoms with Gasteiger partial charge in [-0.1, -0.05) is 39.5 Å². The second-order valence-corrected chi connectivity index (χ2v) is 7.07. The summed E-state index contributed by atoms with van der Waals surface area (Å²) in [7, 11) is 0. The van der Waals surface area contributed by atoms with Crippen LogP contribution in [-0.2, 0) is 4.74 Å². The highest BCUT2D eigenvalue weighted by Crippen LogP contribution is 2.34. The summed E-state index contributed by atoms with van der Waals surface area (Å²) in [6.45, 7) is 5.70. The van der Waals surface area contributed by atoms with Crippen LogP contribution in [0, 0.1) is 11.8 Å². The monoisotopic (exact) mass is 283 g/mol. The van der Waals surface area contributed by atoms with Crippen molar-refractivity contribution in [2.45, 2.75) is 83.5 Å². The van der Waals surface area contributed by atoms with E-state index in [2.05, 4.69) is 19.2 Å². The molecule has 0 aromatic heterocycles. The van der Waals surface area contributed by atoms with Crippen LogP contribution in [0.2, 0.25) is 0 Å². The average Bonchev–Trinajstić information content (AvgIpc) is 3.25. The van der Waals surface area contributed by atoms with Gasteiger partial charge in [-0.3, -0.25) is 0 Å². The molecule has 0 aromatic carbocycles. The number of nitrogens with one attached hydrogen (secondary N) is 1. The molecule has 3 nitrogen and oxygen atoms in total. The number of ether oxygens (including phenoxy) is 1. The van der Waals surface area contributed by atoms with Gasteiger partial charge in [-0.15, -0.1) is 0 Å². The van der Waals surface area contributed by atoms with Gasteiger partial charge in [-0.25, -0.2) is 0 Å². The normalized spacial score (nSPS) is 30.1. The van der Waals surface area contributed by atoms with Crippen LogP contribution in [0.4, 0.5) is 0 Å². The van der Waals surface area contributed by atoms with Crippen molar-refractivity contribution in [2.24, 2.45) is 11.8 Å². The zero-order valence-electron chi connectivity index (χ0n) is 13.3. The molecule has 4 atom stereocenters. The van der Waals surface area contributed by atoms with Crippen molar-refractivity contribution in [1.29, 1.82) is 0 Å². The lowest BCUT2D eigenvalue weighted by Gasteiger charge is -2.28. The highest BCUT2D eigenvalue weighted by molar-refractivity contribution is 4.80. The van der Waals surface area contributed by atoms with Crippen molar-refractivity contribution in [3.63, 3.8) is 0 Å². The van der Waals surface area contributed by atoms with E-state index in [0.717, 1.165) is 18.3 Å². The zero-order chi connectivity index (χ0) is 14.4. The minimum Gasteiger partial charge on any atom is -0.389 e. The fourth-order valence-corrected chi connectivity index (χ4v) is 3.29. The third-order valence-electron chi connectivity index (χ3n) is 4.86. The lowest BCUT2D eigenvalue weighted by Crippen LogP contribution is -2.38. The summed E-state index contributed by atoms with van der Waals surface area (Å²) in [5, 5.41) is 13.6. The van der Waals surface area contributed by atoms with Gasteiger partial charge in [0.1, 0.15) is 0 Å². The van der Waals surface area contributed by atoms with Gasteiger partial charge in [0.2, 0.25) is 0 Å². The first kappa shape index (κ1) is 16.3. The molecule has 118 valence electrons. The Kier molecular flexibility index (Phi) is 6.79. The van der Waals surface area contributed by atoms with Crippen LogP contribution >= 0.6 is 0 Å². The lowest BCUT2D eigenvalue weighted by atomic mass is 9.89. The first-order chi connectivity index (χ1) is 9.67. The molecule has 0 aliphatic heterocycles. The zero-order valence-corrected chi connectivity index (χ0v) is 13.3. The number of rotatable bonds is 9. The minimum atomic E-state index is -0.361. The standard InChI is InChI=1S/C17H33NO2/c1-3-15(10-14-7-8-14)18-11-16(19)12-20-17-6-4-5-13(2)9-17/h13-19H,3-12H2,1-2H3. The molecule has 4 unspecified atom stereocenters. The highest BCUT2D eigenvalue weighted by Gasteiger charge is 2.25. The molecule has 2 aliphatic carbocycles. The van der Waals surface area contributed by atoms with Gasteiger partial charge in [0.05, 0.1) is 18.8 Å². The van der Waals surface area contributed by atoms with Gasteiger partial charge in [0.25, 0.3) is 0 Å². The average molecular weight is 283 g/mol. The fourth-order valence-electron chi connectivity index (χ4n) is 3.29. The van der Waals surface area contributed by atoms with E-state index in [0.29, 0.717) is 25.3 Å². The molecule has 0 saturated heterocycles. The second kappa shape index (κ2) is 8.35. The van der Waals surface area contributed by atoms with E-state index in [1.165, 1.54) is 44.9 Å². The number of hydrogen-bond donors (Lipinski definition) is 2. The quantitative estimate of drug-likeness (QED) is 0.683. The highest BCUT2D eigenvalue weighted by atomic mass is 16.5. The topological polar surface area (TPSA) is 41.5 Å². The SMILES string of the molecule is CCC(CC1CC1)NCC(O)COC1CCCC(C)C1. The van der Waals surface area contributed by atoms with Crippen molar-refractivity contribution in [3.8, 4) is 0 Å². The second-order valence-electron chi connectivity index (χ2n) is 7.07. The lowest BCUT2D eigenvalue weighted by molar-refractivity contribution is -0.0312. The van der Waals surface area contributed by atoms with Crippen molar-refractivity contribution < 1.29 is 9.84 Å². The molecule has 20 heavy (non-hydrogen) atoms. The van der Waals surface area contributed by atoms with E-state index < -0.39 is 0 Å². The van der Waals surface area contributed by atoms with Crippen molar-refractivity contribution >= 4 is 0 Å². The molecular weight excluding hydrogens is 250 g/mol. The molecule has 2 rings (SSSR count). The van der Waals surface area contributed by atoms with Crippen LogP contribution in [0.5, 0.6) is 0 Å². The Labute approximate surface area is 124 Å². The third kappa shape index (κ3) is 6.11. The Morgan fingerprint density at radius 1 is 1.25 bits per heavy atom. The van der Waals surface area contributed by atoms with Gasteiger partial charge in [0.15, 0.2) is 0 Å². The number of aliphatic hydroxyl groups excluding tert-OH is 1. The van der Waals surface area contributed by atoms with Crippen LogP contribution < -0.4 is 5.32 Å². The smallest absolute Gasteiger partial charge is 0.0897 e. The molecule has 2 N–H and O–H groups in total. The van der Waals surface area contributed by atoms with Gasteiger partial charge in [-0.05, 0) is 37.5 Å². The van der Waals surface area contributed by atoms with E-state index in [-0.39, 0.29) is 6.10 Å². The maximum atomic E-state index is 10.1. The van der Waals surface area contributed by atoms with Gasteiger partial charge >= 0.3 is 0 Å². The summed E-state index contributed by atoms with van der Waals surface area (Å²) in [5.41, 5.74) is 0. The third-order valence-corrected chi connectivity index (χ3v) is 4.86. The van der Waals surface area contributed by atoms with E-state index in [9.17, 15) is 5.11 Å². The van der Waals surface area contributed by atoms with E-state index in [4.69, 9.17) is 4.74 Å². The predicted octanol–water partition coefficient (Wildman–Crippen LogP) is 3.11. The summed E-state index contributed by atoms with van der Waals surface area (Å²) >= 11 is 0. The molecule has 0 heterocycles. The van der Waals surface area contributed by atoms with E-state index in [1.54, 1.807) is 0 Å². The van der Waals surface area contributed by atoms with Crippen molar-refractivity contribution in [3.05, 3.63) is 0 Å². The van der Waals surface area contributed by atoms with Crippen molar-refractivity contribution in [1.82, 2.24) is 5.32 Å². The van der Waals surface area contributed by atoms with Gasteiger partial charge in [0, 0.05) is 12.6 Å². The molecule has 0 spiro atoms. The van der Waals surface area contributed by atoms with Gasteiger partial charge in [-0.2, -0.15) is 0 Å². The Morgan fingerprint density at radius 2 is 2.05 bits per heavy atom. The Hall–Kier alpha value is -0.120. The first-order valence-corrected chi connectivity index (χ1v) is 8.70. The molecular formula is C17H33NO2. The van der Waals surface area contributed by atoms with Gasteiger partial charge < -0.3 is 15.2 Å². The summed E-state index contributed by atoms with van der Waals surface area (Å²) < 4.78 is 5.88. The largest absolute Gasteiger partial charge is 0.389 e. The molecule has 0 amide bonds. The molecule has 0 radical (unpaired) electrons. The summed E-state index contributed by atoms with van der Waals surface area (Å²) in [4.78, 5) is 0. The van der Waals surface area contributed by atoms with Crippen molar-refractivity contribution in [2.75, 3.05) is 13.2 Å². The predicted molar refractivity (Wildman–Crippen MR) is 82.8 cm³/mol. The number of aliphatic hydroxyl groups is 1. The Bertz CT molecular complexity index is 260. The maximum absolute atomic E-state index is 10.1. The van der Waals surface area contributed by atoms with Crippen LogP contribution in [0.1, 0.15) is 65.2 Å². The fraction of sp³-hybridized carbons (Fsp3) is 1.00. The van der Waals surface area contributed by atoms with Crippen LogP contribution in [-0.4, -0.2) is 36.5 Å². The van der Waals surface area contributed by atoms with Crippen LogP contribution in [0.25, 0.3) is 0 Å². The molecule has 3 heteroatoms. The molecule has 2 saturated carbocycles. The summed E-state index contributed by atoms with van der Waals surface area (Å²) in [5.74, 6) is 1.73. The number of hydrogen-bond acceptors (Lipinski definition) is 3. The molecule has 2 aliphatic rings. The molecule has 0 bridgehead atoms. The van der Waals surface area contributed by atoms with Crippen LogP contribution in [0.3, 0.4) is 0 Å². The van der Waals surface area contributed by atoms with E-state index in [1.807, 2.05) is 0 Å².